The largest absolute Gasteiger partial charge is 0.394 e. The number of ether oxygens (including phenoxy) is 2. The SMILES string of the molecule is CCCCCCCCCCCCCCCCCCCC/C=C/CC/C=C/CC/C=C/C(O)C(COC1OC(CO)C(O)C(O)C1O)NC(=O)CCCCCCCCCCCCCCCCCCCCCCCCCC. The maximum atomic E-state index is 13.1. The van der Waals surface area contributed by atoms with Gasteiger partial charge in [-0.25, -0.2) is 0 Å². The lowest BCUT2D eigenvalue weighted by molar-refractivity contribution is -0.302. The molecule has 6 N–H and O–H groups in total. The van der Waals surface area contributed by atoms with Crippen LogP contribution in [0.2, 0.25) is 0 Å². The second kappa shape index (κ2) is 55.7. The quantitative estimate of drug-likeness (QED) is 0.0261. The van der Waals surface area contributed by atoms with Gasteiger partial charge < -0.3 is 40.3 Å². The standard InChI is InChI=1S/C66H125NO8/c1-3-5-7-9-11-13-15-17-19-21-23-25-27-29-30-31-32-33-35-37-39-41-43-45-47-49-51-53-55-60(69)59(58-74-66-65(73)64(72)63(71)61(57-68)75-66)67-62(70)56-54-52-50-48-46-44-42-40-38-36-34-28-26-24-22-20-18-16-14-12-10-8-6-4-2/h37,39,45,47,53,55,59-61,63-66,68-69,71-73H,3-36,38,40-44,46,48-52,54,56-58H2,1-2H3,(H,67,70)/b39-37+,47-45+,55-53+. The molecule has 0 aromatic rings. The van der Waals surface area contributed by atoms with Crippen LogP contribution in [-0.4, -0.2) is 87.5 Å². The Morgan fingerprint density at radius 2 is 0.760 bits per heavy atom. The summed E-state index contributed by atoms with van der Waals surface area (Å²) in [6.07, 6.45) is 66.7. The van der Waals surface area contributed by atoms with Crippen LogP contribution >= 0.6 is 0 Å². The molecule has 0 spiro atoms. The zero-order valence-corrected chi connectivity index (χ0v) is 49.3. The molecule has 1 saturated heterocycles. The van der Waals surface area contributed by atoms with Crippen LogP contribution in [0.15, 0.2) is 36.5 Å². The van der Waals surface area contributed by atoms with Gasteiger partial charge >= 0.3 is 0 Å². The molecule has 0 bridgehead atoms. The molecule has 0 saturated carbocycles. The first-order valence-electron chi connectivity index (χ1n) is 32.7. The summed E-state index contributed by atoms with van der Waals surface area (Å²) in [4.78, 5) is 13.1. The lowest BCUT2D eigenvalue weighted by Crippen LogP contribution is -2.60. The predicted octanol–water partition coefficient (Wildman–Crippen LogP) is 17.1. The summed E-state index contributed by atoms with van der Waals surface area (Å²) in [5.74, 6) is -0.184. The van der Waals surface area contributed by atoms with Gasteiger partial charge in [-0.05, 0) is 44.9 Å². The summed E-state index contributed by atoms with van der Waals surface area (Å²) in [6, 6.07) is -0.827. The minimum absolute atomic E-state index is 0.184. The Morgan fingerprint density at radius 1 is 0.440 bits per heavy atom. The Labute approximate surface area is 463 Å². The third kappa shape index (κ3) is 44.9. The summed E-state index contributed by atoms with van der Waals surface area (Å²) < 4.78 is 11.3. The smallest absolute Gasteiger partial charge is 0.220 e. The van der Waals surface area contributed by atoms with Gasteiger partial charge in [0.05, 0.1) is 25.4 Å². The van der Waals surface area contributed by atoms with Crippen LogP contribution in [0.1, 0.15) is 322 Å². The minimum Gasteiger partial charge on any atom is -0.394 e. The van der Waals surface area contributed by atoms with Gasteiger partial charge in [-0.2, -0.15) is 0 Å². The van der Waals surface area contributed by atoms with E-state index < -0.39 is 49.5 Å². The number of amides is 1. The number of carbonyl (C=O) groups is 1. The van der Waals surface area contributed by atoms with Crippen molar-refractivity contribution in [3.8, 4) is 0 Å². The normalized spacial score (nSPS) is 19.1. The monoisotopic (exact) mass is 1060 g/mol. The molecule has 1 heterocycles. The maximum Gasteiger partial charge on any atom is 0.220 e. The van der Waals surface area contributed by atoms with Crippen molar-refractivity contribution < 1.29 is 39.8 Å². The predicted molar refractivity (Wildman–Crippen MR) is 318 cm³/mol. The number of nitrogens with one attached hydrogen (secondary N) is 1. The molecule has 9 heteroatoms. The van der Waals surface area contributed by atoms with Gasteiger partial charge in [0.1, 0.15) is 24.4 Å². The van der Waals surface area contributed by atoms with Gasteiger partial charge in [-0.1, -0.05) is 307 Å². The molecule has 0 aromatic carbocycles. The molecular formula is C66H125NO8. The van der Waals surface area contributed by atoms with Crippen molar-refractivity contribution in [1.29, 1.82) is 0 Å². The molecule has 75 heavy (non-hydrogen) atoms. The second-order valence-electron chi connectivity index (χ2n) is 22.9. The highest BCUT2D eigenvalue weighted by Gasteiger charge is 2.44. The third-order valence-corrected chi connectivity index (χ3v) is 15.7. The fraction of sp³-hybridized carbons (Fsp3) is 0.894. The lowest BCUT2D eigenvalue weighted by Gasteiger charge is -2.40. The van der Waals surface area contributed by atoms with Crippen LogP contribution in [-0.2, 0) is 14.3 Å². The van der Waals surface area contributed by atoms with E-state index in [1.807, 2.05) is 6.08 Å². The molecule has 1 amide bonds. The van der Waals surface area contributed by atoms with Gasteiger partial charge in [0.2, 0.25) is 5.91 Å². The number of hydrogen-bond acceptors (Lipinski definition) is 8. The Morgan fingerprint density at radius 3 is 1.12 bits per heavy atom. The van der Waals surface area contributed by atoms with E-state index in [4.69, 9.17) is 9.47 Å². The van der Waals surface area contributed by atoms with E-state index in [2.05, 4.69) is 43.5 Å². The summed E-state index contributed by atoms with van der Waals surface area (Å²) >= 11 is 0. The highest BCUT2D eigenvalue weighted by atomic mass is 16.7. The van der Waals surface area contributed by atoms with Crippen molar-refractivity contribution >= 4 is 5.91 Å². The fourth-order valence-electron chi connectivity index (χ4n) is 10.5. The minimum atomic E-state index is -1.57. The first-order valence-corrected chi connectivity index (χ1v) is 32.7. The first kappa shape index (κ1) is 71.4. The van der Waals surface area contributed by atoms with Crippen LogP contribution in [0.25, 0.3) is 0 Å². The molecule has 9 nitrogen and oxygen atoms in total. The number of aliphatic hydroxyl groups is 5. The number of rotatable bonds is 57. The van der Waals surface area contributed by atoms with E-state index in [1.54, 1.807) is 6.08 Å². The van der Waals surface area contributed by atoms with E-state index >= 15 is 0 Å². The van der Waals surface area contributed by atoms with Crippen LogP contribution in [0, 0.1) is 0 Å². The molecule has 1 fully saturated rings. The van der Waals surface area contributed by atoms with Crippen molar-refractivity contribution in [3.05, 3.63) is 36.5 Å². The molecule has 1 aliphatic rings. The number of hydrogen-bond donors (Lipinski definition) is 6. The summed E-state index contributed by atoms with van der Waals surface area (Å²) in [7, 11) is 0. The summed E-state index contributed by atoms with van der Waals surface area (Å²) in [5.41, 5.74) is 0. The molecule has 7 unspecified atom stereocenters. The summed E-state index contributed by atoms with van der Waals surface area (Å²) in [5, 5.41) is 54.6. The molecule has 0 radical (unpaired) electrons. The molecule has 442 valence electrons. The first-order chi connectivity index (χ1) is 36.8. The lowest BCUT2D eigenvalue weighted by atomic mass is 9.99. The number of unbranched alkanes of at least 4 members (excludes halogenated alkanes) is 43. The molecule has 0 aliphatic carbocycles. The molecule has 7 atom stereocenters. The number of aliphatic hydroxyl groups excluding tert-OH is 5. The van der Waals surface area contributed by atoms with Gasteiger partial charge in [0.25, 0.3) is 0 Å². The Bertz CT molecular complexity index is 1270. The average molecular weight is 1060 g/mol. The number of carbonyl (C=O) groups excluding carboxylic acids is 1. The number of allylic oxidation sites excluding steroid dienone is 5. The second-order valence-corrected chi connectivity index (χ2v) is 22.9. The molecule has 0 aromatic heterocycles. The molecule has 1 aliphatic heterocycles. The van der Waals surface area contributed by atoms with Gasteiger partial charge in [-0.3, -0.25) is 4.79 Å². The Kier molecular flexibility index (Phi) is 53.1. The highest BCUT2D eigenvalue weighted by Crippen LogP contribution is 2.23. The summed E-state index contributed by atoms with van der Waals surface area (Å²) in [6.45, 7) is 3.81. The van der Waals surface area contributed by atoms with Crippen molar-refractivity contribution in [3.63, 3.8) is 0 Å². The van der Waals surface area contributed by atoms with Crippen molar-refractivity contribution in [2.24, 2.45) is 0 Å². The van der Waals surface area contributed by atoms with Crippen molar-refractivity contribution in [1.82, 2.24) is 5.32 Å². The van der Waals surface area contributed by atoms with Gasteiger partial charge in [0, 0.05) is 6.42 Å². The van der Waals surface area contributed by atoms with Crippen LogP contribution in [0.3, 0.4) is 0 Å². The Hall–Kier alpha value is -1.59. The van der Waals surface area contributed by atoms with Gasteiger partial charge in [-0.15, -0.1) is 0 Å². The van der Waals surface area contributed by atoms with E-state index in [-0.39, 0.29) is 12.5 Å². The molecule has 1 rings (SSSR count). The van der Waals surface area contributed by atoms with Crippen LogP contribution in [0.4, 0.5) is 0 Å². The van der Waals surface area contributed by atoms with Crippen molar-refractivity contribution in [2.45, 2.75) is 365 Å². The third-order valence-electron chi connectivity index (χ3n) is 15.7. The van der Waals surface area contributed by atoms with E-state index in [9.17, 15) is 30.3 Å². The topological polar surface area (TPSA) is 149 Å². The average Bonchev–Trinajstić information content (AvgIpc) is 3.41. The zero-order valence-electron chi connectivity index (χ0n) is 49.3. The van der Waals surface area contributed by atoms with E-state index in [1.165, 1.54) is 257 Å². The highest BCUT2D eigenvalue weighted by molar-refractivity contribution is 5.76. The van der Waals surface area contributed by atoms with E-state index in [0.29, 0.717) is 6.42 Å². The van der Waals surface area contributed by atoms with E-state index in [0.717, 1.165) is 44.9 Å². The van der Waals surface area contributed by atoms with Crippen LogP contribution < -0.4 is 5.32 Å². The maximum absolute atomic E-state index is 13.1. The fourth-order valence-corrected chi connectivity index (χ4v) is 10.5. The Balaban J connectivity index is 2.20. The van der Waals surface area contributed by atoms with Crippen LogP contribution in [0.5, 0.6) is 0 Å². The van der Waals surface area contributed by atoms with Gasteiger partial charge in [0.15, 0.2) is 6.29 Å². The zero-order chi connectivity index (χ0) is 54.3. The van der Waals surface area contributed by atoms with Crippen molar-refractivity contribution in [2.75, 3.05) is 13.2 Å². The molecular weight excluding hydrogens is 935 g/mol.